The molecule has 3 rings (SSSR count). The quantitative estimate of drug-likeness (QED) is 0.710. The molecule has 0 bridgehead atoms. The highest BCUT2D eigenvalue weighted by atomic mass is 16.3. The number of piperazine rings is 1. The molecule has 0 aromatic heterocycles. The Kier molecular flexibility index (Phi) is 7.38. The van der Waals surface area contributed by atoms with Crippen LogP contribution < -0.4 is 5.32 Å². The van der Waals surface area contributed by atoms with Crippen molar-refractivity contribution in [2.75, 3.05) is 39.8 Å². The second-order valence-electron chi connectivity index (χ2n) is 7.42. The number of nitrogens with one attached hydrogen (secondary N) is 1. The molecule has 6 nitrogen and oxygen atoms in total. The summed E-state index contributed by atoms with van der Waals surface area (Å²) in [7, 11) is 1.65. The lowest BCUT2D eigenvalue weighted by atomic mass is 9.90. The number of amides is 2. The van der Waals surface area contributed by atoms with Crippen LogP contribution >= 0.6 is 0 Å². The van der Waals surface area contributed by atoms with E-state index in [1.54, 1.807) is 7.05 Å². The third kappa shape index (κ3) is 5.43. The standard InChI is InChI=1S/C23H29N3O3/c1-25(14-15-27)22(28)16-21-23(29)24-12-13-26(21)17-20(18-8-4-2-5-9-18)19-10-6-3-7-11-19/h2-11,20-21,27H,12-17H2,1H3,(H,24,29)/t21-/m1/s1. The van der Waals surface area contributed by atoms with E-state index in [4.69, 9.17) is 5.11 Å². The predicted octanol–water partition coefficient (Wildman–Crippen LogP) is 1.46. The fourth-order valence-electron chi connectivity index (χ4n) is 3.81. The summed E-state index contributed by atoms with van der Waals surface area (Å²) in [5.74, 6) is -0.139. The van der Waals surface area contributed by atoms with Crippen molar-refractivity contribution in [3.05, 3.63) is 71.8 Å². The van der Waals surface area contributed by atoms with Gasteiger partial charge in [-0.3, -0.25) is 14.5 Å². The lowest BCUT2D eigenvalue weighted by molar-refractivity contribution is -0.138. The molecule has 6 heteroatoms. The largest absolute Gasteiger partial charge is 0.395 e. The van der Waals surface area contributed by atoms with Gasteiger partial charge >= 0.3 is 0 Å². The normalized spacial score (nSPS) is 17.2. The molecule has 0 radical (unpaired) electrons. The summed E-state index contributed by atoms with van der Waals surface area (Å²) in [5.41, 5.74) is 2.37. The van der Waals surface area contributed by atoms with E-state index in [0.717, 1.165) is 0 Å². The van der Waals surface area contributed by atoms with E-state index in [0.29, 0.717) is 19.6 Å². The van der Waals surface area contributed by atoms with Crippen LogP contribution in [-0.2, 0) is 9.59 Å². The monoisotopic (exact) mass is 395 g/mol. The fourth-order valence-corrected chi connectivity index (χ4v) is 3.81. The van der Waals surface area contributed by atoms with Gasteiger partial charge in [-0.25, -0.2) is 0 Å². The SMILES string of the molecule is CN(CCO)C(=O)C[C@@H]1C(=O)NCCN1CC(c1ccccc1)c1ccccc1. The zero-order valence-corrected chi connectivity index (χ0v) is 16.8. The highest BCUT2D eigenvalue weighted by molar-refractivity contribution is 5.88. The molecular formula is C23H29N3O3. The van der Waals surface area contributed by atoms with Crippen LogP contribution in [0.25, 0.3) is 0 Å². The fraction of sp³-hybridized carbons (Fsp3) is 0.391. The molecule has 0 spiro atoms. The van der Waals surface area contributed by atoms with Crippen LogP contribution in [0.4, 0.5) is 0 Å². The molecular weight excluding hydrogens is 366 g/mol. The second kappa shape index (κ2) is 10.2. The van der Waals surface area contributed by atoms with E-state index in [1.807, 2.05) is 36.4 Å². The number of nitrogens with zero attached hydrogens (tertiary/aromatic N) is 2. The van der Waals surface area contributed by atoms with Crippen molar-refractivity contribution in [1.82, 2.24) is 15.1 Å². The van der Waals surface area contributed by atoms with Gasteiger partial charge in [0.2, 0.25) is 11.8 Å². The van der Waals surface area contributed by atoms with E-state index in [2.05, 4.69) is 34.5 Å². The maximum absolute atomic E-state index is 12.6. The maximum atomic E-state index is 12.6. The van der Waals surface area contributed by atoms with Crippen LogP contribution in [0.15, 0.2) is 60.7 Å². The summed E-state index contributed by atoms with van der Waals surface area (Å²) in [5, 5.41) is 12.0. The number of likely N-dealkylation sites (N-methyl/N-ethyl adjacent to an activating group) is 1. The van der Waals surface area contributed by atoms with Gasteiger partial charge in [0.25, 0.3) is 0 Å². The van der Waals surface area contributed by atoms with Crippen LogP contribution in [0.2, 0.25) is 0 Å². The molecule has 0 aliphatic carbocycles. The third-order valence-corrected chi connectivity index (χ3v) is 5.49. The molecule has 1 heterocycles. The molecule has 1 atom stereocenters. The van der Waals surface area contributed by atoms with Gasteiger partial charge in [0.05, 0.1) is 19.1 Å². The number of carbonyl (C=O) groups is 2. The Labute approximate surface area is 172 Å². The highest BCUT2D eigenvalue weighted by Crippen LogP contribution is 2.27. The summed E-state index contributed by atoms with van der Waals surface area (Å²) in [6, 6.07) is 20.0. The minimum Gasteiger partial charge on any atom is -0.395 e. The maximum Gasteiger partial charge on any atom is 0.237 e. The van der Waals surface area contributed by atoms with E-state index < -0.39 is 6.04 Å². The summed E-state index contributed by atoms with van der Waals surface area (Å²) in [6.45, 7) is 2.11. The average Bonchev–Trinajstić information content (AvgIpc) is 2.75. The lowest BCUT2D eigenvalue weighted by Crippen LogP contribution is -2.57. The van der Waals surface area contributed by atoms with Crippen LogP contribution in [-0.4, -0.2) is 72.6 Å². The predicted molar refractivity (Wildman–Crippen MR) is 112 cm³/mol. The van der Waals surface area contributed by atoms with Crippen molar-refractivity contribution in [1.29, 1.82) is 0 Å². The van der Waals surface area contributed by atoms with Crippen molar-refractivity contribution in [2.24, 2.45) is 0 Å². The van der Waals surface area contributed by atoms with Crippen molar-refractivity contribution in [3.8, 4) is 0 Å². The van der Waals surface area contributed by atoms with Gasteiger partial charge in [-0.15, -0.1) is 0 Å². The van der Waals surface area contributed by atoms with Gasteiger partial charge in [0.1, 0.15) is 0 Å². The molecule has 2 aromatic rings. The second-order valence-corrected chi connectivity index (χ2v) is 7.42. The molecule has 2 aromatic carbocycles. The van der Waals surface area contributed by atoms with Crippen LogP contribution in [0, 0.1) is 0 Å². The van der Waals surface area contributed by atoms with Gasteiger partial charge in [-0.1, -0.05) is 60.7 Å². The van der Waals surface area contributed by atoms with Gasteiger partial charge in [-0.05, 0) is 11.1 Å². The Bertz CT molecular complexity index is 758. The number of hydrogen-bond donors (Lipinski definition) is 2. The van der Waals surface area contributed by atoms with Crippen molar-refractivity contribution >= 4 is 11.8 Å². The number of aliphatic hydroxyl groups excluding tert-OH is 1. The van der Waals surface area contributed by atoms with Gasteiger partial charge in [0.15, 0.2) is 0 Å². The van der Waals surface area contributed by atoms with Crippen LogP contribution in [0.1, 0.15) is 23.5 Å². The van der Waals surface area contributed by atoms with E-state index in [1.165, 1.54) is 16.0 Å². The zero-order valence-electron chi connectivity index (χ0n) is 16.8. The average molecular weight is 396 g/mol. The molecule has 1 fully saturated rings. The minimum absolute atomic E-state index is 0.0904. The highest BCUT2D eigenvalue weighted by Gasteiger charge is 2.34. The van der Waals surface area contributed by atoms with Crippen LogP contribution in [0.3, 0.4) is 0 Å². The Morgan fingerprint density at radius 1 is 1.14 bits per heavy atom. The Morgan fingerprint density at radius 2 is 1.72 bits per heavy atom. The molecule has 2 amide bonds. The number of hydrogen-bond acceptors (Lipinski definition) is 4. The van der Waals surface area contributed by atoms with Gasteiger partial charge < -0.3 is 15.3 Å². The molecule has 0 unspecified atom stereocenters. The number of carbonyl (C=O) groups excluding carboxylic acids is 2. The summed E-state index contributed by atoms with van der Waals surface area (Å²) in [4.78, 5) is 28.7. The van der Waals surface area contributed by atoms with Gasteiger partial charge in [-0.2, -0.15) is 0 Å². The lowest BCUT2D eigenvalue weighted by Gasteiger charge is -2.37. The molecule has 0 saturated carbocycles. The molecule has 1 aliphatic heterocycles. The van der Waals surface area contributed by atoms with Crippen molar-refractivity contribution in [3.63, 3.8) is 0 Å². The first-order valence-electron chi connectivity index (χ1n) is 10.1. The molecule has 1 aliphatic rings. The van der Waals surface area contributed by atoms with E-state index in [-0.39, 0.29) is 37.3 Å². The third-order valence-electron chi connectivity index (χ3n) is 5.49. The topological polar surface area (TPSA) is 72.9 Å². The number of benzene rings is 2. The molecule has 154 valence electrons. The summed E-state index contributed by atoms with van der Waals surface area (Å²) < 4.78 is 0. The minimum atomic E-state index is -0.507. The Hall–Kier alpha value is -2.70. The number of rotatable bonds is 8. The Morgan fingerprint density at radius 3 is 2.28 bits per heavy atom. The first-order chi connectivity index (χ1) is 14.1. The van der Waals surface area contributed by atoms with Crippen molar-refractivity contribution < 1.29 is 14.7 Å². The van der Waals surface area contributed by atoms with E-state index in [9.17, 15) is 9.59 Å². The zero-order chi connectivity index (χ0) is 20.6. The number of aliphatic hydroxyl groups is 1. The Balaban J connectivity index is 1.82. The smallest absolute Gasteiger partial charge is 0.237 e. The van der Waals surface area contributed by atoms with Crippen molar-refractivity contribution in [2.45, 2.75) is 18.4 Å². The first-order valence-corrected chi connectivity index (χ1v) is 10.1. The molecule has 1 saturated heterocycles. The summed E-state index contributed by atoms with van der Waals surface area (Å²) >= 11 is 0. The van der Waals surface area contributed by atoms with Crippen LogP contribution in [0.5, 0.6) is 0 Å². The van der Waals surface area contributed by atoms with Gasteiger partial charge in [0, 0.05) is 39.1 Å². The van der Waals surface area contributed by atoms with E-state index >= 15 is 0 Å². The first kappa shape index (κ1) is 21.0. The summed E-state index contributed by atoms with van der Waals surface area (Å²) in [6.07, 6.45) is 0.110. The molecule has 29 heavy (non-hydrogen) atoms. The molecule has 2 N–H and O–H groups in total.